The number of benzene rings is 3. The molecule has 1 aliphatic carbocycles. The van der Waals surface area contributed by atoms with E-state index in [1.54, 1.807) is 19.2 Å². The van der Waals surface area contributed by atoms with Crippen LogP contribution in [0.3, 0.4) is 0 Å². The number of anilines is 2. The number of halogens is 1. The van der Waals surface area contributed by atoms with Crippen LogP contribution in [0, 0.1) is 11.2 Å². The van der Waals surface area contributed by atoms with Crippen molar-refractivity contribution in [3.8, 4) is 11.5 Å². The molecule has 2 aliphatic rings. The highest BCUT2D eigenvalue weighted by molar-refractivity contribution is 6.01. The van der Waals surface area contributed by atoms with Gasteiger partial charge in [-0.2, -0.15) is 0 Å². The lowest BCUT2D eigenvalue weighted by Crippen LogP contribution is -2.31. The summed E-state index contributed by atoms with van der Waals surface area (Å²) in [6.07, 6.45) is 1.29. The Morgan fingerprint density at radius 1 is 1.00 bits per heavy atom. The lowest BCUT2D eigenvalue weighted by molar-refractivity contribution is -0.118. The minimum Gasteiger partial charge on any atom is -0.496 e. The highest BCUT2D eigenvalue weighted by Crippen LogP contribution is 2.45. The molecule has 1 heterocycles. The Hall–Kier alpha value is -3.80. The predicted octanol–water partition coefficient (Wildman–Crippen LogP) is 6.64. The van der Waals surface area contributed by atoms with Gasteiger partial charge in [-0.25, -0.2) is 4.39 Å². The summed E-state index contributed by atoms with van der Waals surface area (Å²) in [7, 11) is 1.62. The van der Waals surface area contributed by atoms with Crippen LogP contribution in [0.4, 0.5) is 15.8 Å². The second kappa shape index (κ2) is 9.10. The highest BCUT2D eigenvalue weighted by Gasteiger charge is 2.38. The van der Waals surface area contributed by atoms with Crippen LogP contribution in [-0.4, -0.2) is 12.9 Å². The molecule has 0 saturated carbocycles. The second-order valence-corrected chi connectivity index (χ2v) is 9.89. The summed E-state index contributed by atoms with van der Waals surface area (Å²) < 4.78 is 24.8. The van der Waals surface area contributed by atoms with Crippen molar-refractivity contribution in [2.45, 2.75) is 39.3 Å². The van der Waals surface area contributed by atoms with Gasteiger partial charge in [0, 0.05) is 23.3 Å². The van der Waals surface area contributed by atoms with Crippen molar-refractivity contribution in [1.29, 1.82) is 0 Å². The normalized spacial score (nSPS) is 18.5. The fourth-order valence-corrected chi connectivity index (χ4v) is 4.92. The maximum absolute atomic E-state index is 13.5. The van der Waals surface area contributed by atoms with E-state index in [0.717, 1.165) is 40.2 Å². The first-order valence-electron chi connectivity index (χ1n) is 11.8. The number of carbonyl (C=O) groups excluding carboxylic acids is 1. The summed E-state index contributed by atoms with van der Waals surface area (Å²) in [4.78, 5) is 13.5. The molecule has 0 saturated heterocycles. The summed E-state index contributed by atoms with van der Waals surface area (Å²) in [6.45, 7) is 4.51. The third-order valence-electron chi connectivity index (χ3n) is 6.57. The summed E-state index contributed by atoms with van der Waals surface area (Å²) in [5, 5.41) is 7.16. The molecule has 1 atom stereocenters. The molecule has 35 heavy (non-hydrogen) atoms. The third kappa shape index (κ3) is 4.74. The number of methoxy groups -OCH3 is 1. The average molecular weight is 473 g/mol. The fourth-order valence-electron chi connectivity index (χ4n) is 4.92. The first kappa shape index (κ1) is 23.0. The monoisotopic (exact) mass is 472 g/mol. The first-order valence-corrected chi connectivity index (χ1v) is 11.8. The summed E-state index contributed by atoms with van der Waals surface area (Å²) in [5.74, 6) is 1.09. The minimum atomic E-state index is -0.319. The Bertz CT molecular complexity index is 1300. The van der Waals surface area contributed by atoms with Gasteiger partial charge in [0.2, 0.25) is 0 Å². The quantitative estimate of drug-likeness (QED) is 0.436. The number of fused-ring (bicyclic) bond motifs is 1. The van der Waals surface area contributed by atoms with Gasteiger partial charge >= 0.3 is 0 Å². The van der Waals surface area contributed by atoms with Crippen molar-refractivity contribution in [2.75, 3.05) is 17.7 Å². The summed E-state index contributed by atoms with van der Waals surface area (Å²) in [6, 6.07) is 19.5. The molecule has 3 aromatic rings. The van der Waals surface area contributed by atoms with Gasteiger partial charge in [-0.1, -0.05) is 32.0 Å². The zero-order valence-electron chi connectivity index (χ0n) is 20.2. The number of carbonyl (C=O) groups is 1. The number of rotatable bonds is 5. The number of hydrogen-bond donors (Lipinski definition) is 2. The molecule has 5 rings (SSSR count). The Kier molecular flexibility index (Phi) is 5.97. The van der Waals surface area contributed by atoms with Crippen LogP contribution in [0.2, 0.25) is 0 Å². The Morgan fingerprint density at radius 3 is 2.49 bits per heavy atom. The Balaban J connectivity index is 1.54. The molecule has 0 radical (unpaired) electrons. The standard InChI is InChI=1S/C29H29FN2O3/c1-29(2)15-24-27(25(33)16-29)28(32-23-7-5-4-6-22(23)31-24)18-8-13-26(34-3)19(14-18)17-35-21-11-9-20(30)10-12-21/h4-14,28,31-32H,15-17H2,1-3H3/t28-/m0/s1. The van der Waals surface area contributed by atoms with Gasteiger partial charge in [0.15, 0.2) is 5.78 Å². The van der Waals surface area contributed by atoms with Crippen LogP contribution < -0.4 is 20.1 Å². The third-order valence-corrected chi connectivity index (χ3v) is 6.57. The van der Waals surface area contributed by atoms with E-state index in [1.807, 2.05) is 42.5 Å². The molecule has 180 valence electrons. The largest absolute Gasteiger partial charge is 0.496 e. The molecule has 0 aromatic heterocycles. The van der Waals surface area contributed by atoms with Gasteiger partial charge in [-0.15, -0.1) is 0 Å². The van der Waals surface area contributed by atoms with Crippen molar-refractivity contribution in [2.24, 2.45) is 5.41 Å². The molecule has 0 fully saturated rings. The number of ether oxygens (including phenoxy) is 2. The van der Waals surface area contributed by atoms with Gasteiger partial charge in [0.1, 0.15) is 23.9 Å². The van der Waals surface area contributed by atoms with E-state index in [0.29, 0.717) is 17.9 Å². The van der Waals surface area contributed by atoms with Crippen molar-refractivity contribution in [3.05, 3.63) is 94.9 Å². The number of nitrogens with one attached hydrogen (secondary N) is 2. The number of Topliss-reactive ketones (excluding diaryl/α,β-unsaturated/α-hetero) is 1. The Labute approximate surface area is 205 Å². The molecule has 0 spiro atoms. The molecule has 1 aliphatic heterocycles. The molecule has 5 nitrogen and oxygen atoms in total. The molecule has 0 amide bonds. The zero-order valence-corrected chi connectivity index (χ0v) is 20.2. The van der Waals surface area contributed by atoms with Crippen LogP contribution >= 0.6 is 0 Å². The van der Waals surface area contributed by atoms with Crippen LogP contribution in [0.5, 0.6) is 11.5 Å². The lowest BCUT2D eigenvalue weighted by Gasteiger charge is -2.34. The van der Waals surface area contributed by atoms with Gasteiger partial charge in [0.25, 0.3) is 0 Å². The van der Waals surface area contributed by atoms with Gasteiger partial charge in [0.05, 0.1) is 24.5 Å². The minimum absolute atomic E-state index is 0.110. The maximum Gasteiger partial charge on any atom is 0.163 e. The van der Waals surface area contributed by atoms with E-state index in [1.165, 1.54) is 12.1 Å². The fraction of sp³-hybridized carbons (Fsp3) is 0.276. The number of hydrogen-bond acceptors (Lipinski definition) is 5. The molecular weight excluding hydrogens is 443 g/mol. The van der Waals surface area contributed by atoms with Gasteiger partial charge in [-0.3, -0.25) is 4.79 Å². The molecular formula is C29H29FN2O3. The van der Waals surface area contributed by atoms with Gasteiger partial charge in [-0.05, 0) is 65.9 Å². The molecule has 2 N–H and O–H groups in total. The van der Waals surface area contributed by atoms with E-state index in [9.17, 15) is 9.18 Å². The summed E-state index contributed by atoms with van der Waals surface area (Å²) in [5.41, 5.74) is 5.32. The van der Waals surface area contributed by atoms with E-state index >= 15 is 0 Å². The first-order chi connectivity index (χ1) is 16.8. The van der Waals surface area contributed by atoms with Crippen molar-refractivity contribution in [3.63, 3.8) is 0 Å². The maximum atomic E-state index is 13.5. The predicted molar refractivity (Wildman–Crippen MR) is 135 cm³/mol. The summed E-state index contributed by atoms with van der Waals surface area (Å²) >= 11 is 0. The van der Waals surface area contributed by atoms with Crippen molar-refractivity contribution in [1.82, 2.24) is 0 Å². The molecule has 6 heteroatoms. The zero-order chi connectivity index (χ0) is 24.6. The lowest BCUT2D eigenvalue weighted by atomic mass is 9.73. The van der Waals surface area contributed by atoms with Crippen LogP contribution in [-0.2, 0) is 11.4 Å². The number of para-hydroxylation sites is 2. The van der Waals surface area contributed by atoms with E-state index < -0.39 is 0 Å². The van der Waals surface area contributed by atoms with Crippen molar-refractivity contribution >= 4 is 17.2 Å². The number of ketones is 1. The second-order valence-electron chi connectivity index (χ2n) is 9.89. The van der Waals surface area contributed by atoms with Crippen LogP contribution in [0.1, 0.15) is 43.9 Å². The SMILES string of the molecule is COc1ccc([C@@H]2Nc3ccccc3NC3=C2C(=O)CC(C)(C)C3)cc1COc1ccc(F)cc1. The molecule has 0 bridgehead atoms. The van der Waals surface area contributed by atoms with E-state index in [-0.39, 0.29) is 29.7 Å². The van der Waals surface area contributed by atoms with Crippen LogP contribution in [0.25, 0.3) is 0 Å². The molecule has 3 aromatic carbocycles. The highest BCUT2D eigenvalue weighted by atomic mass is 19.1. The molecule has 0 unspecified atom stereocenters. The number of allylic oxidation sites excluding steroid dienone is 1. The van der Waals surface area contributed by atoms with Crippen LogP contribution in [0.15, 0.2) is 78.0 Å². The topological polar surface area (TPSA) is 59.6 Å². The van der Waals surface area contributed by atoms with E-state index in [4.69, 9.17) is 9.47 Å². The van der Waals surface area contributed by atoms with E-state index in [2.05, 4.69) is 24.5 Å². The Morgan fingerprint density at radius 2 is 1.74 bits per heavy atom. The average Bonchev–Trinajstić information content (AvgIpc) is 2.99. The smallest absolute Gasteiger partial charge is 0.163 e. The van der Waals surface area contributed by atoms with Gasteiger partial charge < -0.3 is 20.1 Å². The van der Waals surface area contributed by atoms with Crippen molar-refractivity contribution < 1.29 is 18.7 Å².